The smallest absolute Gasteiger partial charge is 0.257 e. The lowest BCUT2D eigenvalue weighted by atomic mass is 10.2. The number of amides is 1. The molecule has 0 radical (unpaired) electrons. The Kier molecular flexibility index (Phi) is 4.94. The molecular weight excluding hydrogens is 214 g/mol. The van der Waals surface area contributed by atoms with E-state index in [1.54, 1.807) is 12.4 Å². The highest BCUT2D eigenvalue weighted by Gasteiger charge is 2.19. The number of hydrogen-bond donors (Lipinski definition) is 1. The standard InChI is InChI=1S/C13H21N3O/c1-5-15-12-7-8-14-9-11(12)13(17)16(6-2)10(3)4/h7-10H,5-6H2,1-4H3,(H,14,15). The Bertz CT molecular complexity index is 377. The van der Waals surface area contributed by atoms with Crippen LogP contribution < -0.4 is 5.32 Å². The van der Waals surface area contributed by atoms with Crippen molar-refractivity contribution < 1.29 is 4.79 Å². The number of hydrogen-bond acceptors (Lipinski definition) is 3. The third-order valence-electron chi connectivity index (χ3n) is 2.64. The van der Waals surface area contributed by atoms with E-state index in [1.165, 1.54) is 0 Å². The highest BCUT2D eigenvalue weighted by Crippen LogP contribution is 2.17. The summed E-state index contributed by atoms with van der Waals surface area (Å²) in [5.41, 5.74) is 1.50. The zero-order valence-electron chi connectivity index (χ0n) is 11.0. The van der Waals surface area contributed by atoms with Gasteiger partial charge in [0.1, 0.15) is 0 Å². The first-order chi connectivity index (χ1) is 8.11. The van der Waals surface area contributed by atoms with Crippen molar-refractivity contribution in [3.63, 3.8) is 0 Å². The number of anilines is 1. The normalized spacial score (nSPS) is 10.4. The van der Waals surface area contributed by atoms with Gasteiger partial charge >= 0.3 is 0 Å². The summed E-state index contributed by atoms with van der Waals surface area (Å²) in [5, 5.41) is 3.19. The second kappa shape index (κ2) is 6.23. The highest BCUT2D eigenvalue weighted by atomic mass is 16.2. The minimum Gasteiger partial charge on any atom is -0.385 e. The maximum Gasteiger partial charge on any atom is 0.257 e. The average Bonchev–Trinajstić information content (AvgIpc) is 2.30. The Labute approximate surface area is 103 Å². The van der Waals surface area contributed by atoms with E-state index in [0.717, 1.165) is 12.2 Å². The van der Waals surface area contributed by atoms with E-state index in [0.29, 0.717) is 12.1 Å². The van der Waals surface area contributed by atoms with Gasteiger partial charge in [-0.05, 0) is 33.8 Å². The Morgan fingerprint density at radius 2 is 2.18 bits per heavy atom. The van der Waals surface area contributed by atoms with Gasteiger partial charge in [0, 0.05) is 31.5 Å². The van der Waals surface area contributed by atoms with Gasteiger partial charge < -0.3 is 10.2 Å². The van der Waals surface area contributed by atoms with Gasteiger partial charge in [0.15, 0.2) is 0 Å². The largest absolute Gasteiger partial charge is 0.385 e. The third-order valence-corrected chi connectivity index (χ3v) is 2.64. The molecule has 94 valence electrons. The van der Waals surface area contributed by atoms with E-state index >= 15 is 0 Å². The summed E-state index contributed by atoms with van der Waals surface area (Å²) >= 11 is 0. The molecule has 0 saturated carbocycles. The lowest BCUT2D eigenvalue weighted by Crippen LogP contribution is -2.37. The van der Waals surface area contributed by atoms with Crippen molar-refractivity contribution >= 4 is 11.6 Å². The lowest BCUT2D eigenvalue weighted by molar-refractivity contribution is 0.0717. The fourth-order valence-corrected chi connectivity index (χ4v) is 1.81. The van der Waals surface area contributed by atoms with Crippen LogP contribution in [-0.2, 0) is 0 Å². The SMILES string of the molecule is CCNc1ccncc1C(=O)N(CC)C(C)C. The van der Waals surface area contributed by atoms with Gasteiger partial charge in [0.2, 0.25) is 0 Å². The van der Waals surface area contributed by atoms with Crippen LogP contribution in [0, 0.1) is 0 Å². The maximum absolute atomic E-state index is 12.4. The van der Waals surface area contributed by atoms with Crippen molar-refractivity contribution in [2.75, 3.05) is 18.4 Å². The molecule has 0 spiro atoms. The number of carbonyl (C=O) groups is 1. The highest BCUT2D eigenvalue weighted by molar-refractivity contribution is 5.99. The summed E-state index contributed by atoms with van der Waals surface area (Å²) in [5.74, 6) is 0.0338. The number of aromatic nitrogens is 1. The number of pyridine rings is 1. The first-order valence-electron chi connectivity index (χ1n) is 6.10. The van der Waals surface area contributed by atoms with Crippen LogP contribution in [0.4, 0.5) is 5.69 Å². The minimum absolute atomic E-state index is 0.0338. The van der Waals surface area contributed by atoms with Gasteiger partial charge in [-0.3, -0.25) is 9.78 Å². The van der Waals surface area contributed by atoms with Gasteiger partial charge in [-0.25, -0.2) is 0 Å². The van der Waals surface area contributed by atoms with E-state index in [9.17, 15) is 4.79 Å². The molecule has 1 rings (SSSR count). The third kappa shape index (κ3) is 3.19. The molecule has 0 unspecified atom stereocenters. The molecule has 0 aliphatic rings. The molecule has 0 aliphatic carbocycles. The molecule has 1 N–H and O–H groups in total. The second-order valence-electron chi connectivity index (χ2n) is 4.14. The van der Waals surface area contributed by atoms with Gasteiger partial charge in [-0.2, -0.15) is 0 Å². The van der Waals surface area contributed by atoms with Crippen molar-refractivity contribution in [3.05, 3.63) is 24.0 Å². The minimum atomic E-state index is 0.0338. The number of carbonyl (C=O) groups excluding carboxylic acids is 1. The molecule has 0 bridgehead atoms. The predicted molar refractivity (Wildman–Crippen MR) is 70.2 cm³/mol. The van der Waals surface area contributed by atoms with Crippen LogP contribution in [0.3, 0.4) is 0 Å². The van der Waals surface area contributed by atoms with Gasteiger partial charge in [0.05, 0.1) is 11.3 Å². The quantitative estimate of drug-likeness (QED) is 0.852. The summed E-state index contributed by atoms with van der Waals surface area (Å²) in [4.78, 5) is 18.2. The zero-order valence-corrected chi connectivity index (χ0v) is 11.0. The lowest BCUT2D eigenvalue weighted by Gasteiger charge is -2.26. The molecule has 0 atom stereocenters. The summed E-state index contributed by atoms with van der Waals surface area (Å²) < 4.78 is 0. The molecule has 1 aromatic rings. The summed E-state index contributed by atoms with van der Waals surface area (Å²) in [6.45, 7) is 9.53. The summed E-state index contributed by atoms with van der Waals surface area (Å²) in [6.07, 6.45) is 3.33. The predicted octanol–water partition coefficient (Wildman–Crippen LogP) is 2.38. The molecule has 4 heteroatoms. The number of nitrogens with zero attached hydrogens (tertiary/aromatic N) is 2. The van der Waals surface area contributed by atoms with E-state index < -0.39 is 0 Å². The Hall–Kier alpha value is -1.58. The maximum atomic E-state index is 12.4. The number of rotatable bonds is 5. The first kappa shape index (κ1) is 13.5. The fraction of sp³-hybridized carbons (Fsp3) is 0.538. The van der Waals surface area contributed by atoms with Crippen molar-refractivity contribution in [3.8, 4) is 0 Å². The molecule has 0 fully saturated rings. The van der Waals surface area contributed by atoms with Crippen LogP contribution in [-0.4, -0.2) is 34.9 Å². The molecule has 1 aromatic heterocycles. The molecule has 17 heavy (non-hydrogen) atoms. The summed E-state index contributed by atoms with van der Waals surface area (Å²) in [7, 11) is 0. The molecule has 1 amide bonds. The van der Waals surface area contributed by atoms with Crippen molar-refractivity contribution in [1.29, 1.82) is 0 Å². The van der Waals surface area contributed by atoms with Crippen molar-refractivity contribution in [1.82, 2.24) is 9.88 Å². The molecular formula is C13H21N3O. The Morgan fingerprint density at radius 1 is 1.47 bits per heavy atom. The van der Waals surface area contributed by atoms with Gasteiger partial charge in [-0.1, -0.05) is 0 Å². The van der Waals surface area contributed by atoms with E-state index in [1.807, 2.05) is 38.7 Å². The van der Waals surface area contributed by atoms with E-state index in [-0.39, 0.29) is 11.9 Å². The molecule has 1 heterocycles. The van der Waals surface area contributed by atoms with Crippen LogP contribution in [0.2, 0.25) is 0 Å². The molecule has 0 aromatic carbocycles. The first-order valence-corrected chi connectivity index (χ1v) is 6.10. The van der Waals surface area contributed by atoms with Crippen LogP contribution in [0.25, 0.3) is 0 Å². The molecule has 0 aliphatic heterocycles. The monoisotopic (exact) mass is 235 g/mol. The average molecular weight is 235 g/mol. The van der Waals surface area contributed by atoms with Crippen LogP contribution in [0.15, 0.2) is 18.5 Å². The van der Waals surface area contributed by atoms with Crippen molar-refractivity contribution in [2.45, 2.75) is 33.7 Å². The van der Waals surface area contributed by atoms with Crippen LogP contribution in [0.5, 0.6) is 0 Å². The van der Waals surface area contributed by atoms with E-state index in [4.69, 9.17) is 0 Å². The topological polar surface area (TPSA) is 45.2 Å². The molecule has 0 saturated heterocycles. The second-order valence-corrected chi connectivity index (χ2v) is 4.14. The molecule has 4 nitrogen and oxygen atoms in total. The van der Waals surface area contributed by atoms with Crippen molar-refractivity contribution in [2.24, 2.45) is 0 Å². The zero-order chi connectivity index (χ0) is 12.8. The van der Waals surface area contributed by atoms with Crippen LogP contribution >= 0.6 is 0 Å². The van der Waals surface area contributed by atoms with Gasteiger partial charge in [-0.15, -0.1) is 0 Å². The van der Waals surface area contributed by atoms with Gasteiger partial charge in [0.25, 0.3) is 5.91 Å². The fourth-order valence-electron chi connectivity index (χ4n) is 1.81. The Balaban J connectivity index is 3.02. The number of nitrogens with one attached hydrogen (secondary N) is 1. The van der Waals surface area contributed by atoms with Crippen LogP contribution in [0.1, 0.15) is 38.1 Å². The Morgan fingerprint density at radius 3 is 2.71 bits per heavy atom. The summed E-state index contributed by atoms with van der Waals surface area (Å²) in [6, 6.07) is 2.03. The van der Waals surface area contributed by atoms with E-state index in [2.05, 4.69) is 10.3 Å².